The normalized spacial score (nSPS) is 16.8. The van der Waals surface area contributed by atoms with Crippen molar-refractivity contribution in [2.24, 2.45) is 5.92 Å². The molecule has 0 aliphatic carbocycles. The maximum absolute atomic E-state index is 12.5. The summed E-state index contributed by atoms with van der Waals surface area (Å²) >= 11 is 5.87. The number of nitrogens with zero attached hydrogens (tertiary/aromatic N) is 1. The molecule has 26 heavy (non-hydrogen) atoms. The van der Waals surface area contributed by atoms with Gasteiger partial charge in [0.05, 0.1) is 5.92 Å². The monoisotopic (exact) mass is 371 g/mol. The smallest absolute Gasteiger partial charge is 0.321 e. The van der Waals surface area contributed by atoms with Crippen molar-refractivity contribution < 1.29 is 9.59 Å². The Labute approximate surface area is 158 Å². The molecule has 0 radical (unpaired) electrons. The summed E-state index contributed by atoms with van der Waals surface area (Å²) in [7, 11) is 0. The maximum Gasteiger partial charge on any atom is 0.321 e. The lowest BCUT2D eigenvalue weighted by Gasteiger charge is -2.32. The number of likely N-dealkylation sites (tertiary alicyclic amines) is 1. The van der Waals surface area contributed by atoms with Crippen LogP contribution < -0.4 is 10.6 Å². The fraction of sp³-hybridized carbons (Fsp3) is 0.300. The average Bonchev–Trinajstić information content (AvgIpc) is 2.68. The summed E-state index contributed by atoms with van der Waals surface area (Å²) in [5, 5.41) is 6.51. The van der Waals surface area contributed by atoms with Crippen molar-refractivity contribution >= 4 is 29.2 Å². The fourth-order valence-electron chi connectivity index (χ4n) is 3.04. The molecule has 1 unspecified atom stereocenters. The summed E-state index contributed by atoms with van der Waals surface area (Å²) in [6.07, 6.45) is 1.61. The molecule has 3 amide bonds. The minimum absolute atomic E-state index is 0.0165. The van der Waals surface area contributed by atoms with Crippen LogP contribution in [0.1, 0.15) is 18.4 Å². The molecule has 5 nitrogen and oxygen atoms in total. The number of piperidine rings is 1. The third kappa shape index (κ3) is 4.99. The lowest BCUT2D eigenvalue weighted by Crippen LogP contribution is -2.46. The highest BCUT2D eigenvalue weighted by molar-refractivity contribution is 6.30. The van der Waals surface area contributed by atoms with Crippen LogP contribution in [-0.2, 0) is 11.3 Å². The van der Waals surface area contributed by atoms with Crippen molar-refractivity contribution in [1.82, 2.24) is 10.2 Å². The largest absolute Gasteiger partial charge is 0.352 e. The van der Waals surface area contributed by atoms with Gasteiger partial charge < -0.3 is 15.5 Å². The maximum atomic E-state index is 12.5. The van der Waals surface area contributed by atoms with E-state index in [9.17, 15) is 9.59 Å². The second-order valence-corrected chi connectivity index (χ2v) is 6.86. The average molecular weight is 372 g/mol. The lowest BCUT2D eigenvalue weighted by molar-refractivity contribution is -0.126. The number of benzene rings is 2. The number of hydrogen-bond donors (Lipinski definition) is 2. The van der Waals surface area contributed by atoms with Crippen LogP contribution in [0.5, 0.6) is 0 Å². The number of nitrogens with one attached hydrogen (secondary N) is 2. The number of anilines is 1. The van der Waals surface area contributed by atoms with E-state index in [0.29, 0.717) is 24.7 Å². The van der Waals surface area contributed by atoms with Crippen molar-refractivity contribution in [2.75, 3.05) is 18.4 Å². The van der Waals surface area contributed by atoms with E-state index in [2.05, 4.69) is 10.6 Å². The minimum Gasteiger partial charge on any atom is -0.352 e. The summed E-state index contributed by atoms with van der Waals surface area (Å²) < 4.78 is 0. The Morgan fingerprint density at radius 3 is 2.54 bits per heavy atom. The van der Waals surface area contributed by atoms with E-state index in [1.165, 1.54) is 0 Å². The van der Waals surface area contributed by atoms with Crippen LogP contribution in [0.25, 0.3) is 0 Å². The Hall–Kier alpha value is -2.53. The van der Waals surface area contributed by atoms with Gasteiger partial charge in [-0.25, -0.2) is 4.79 Å². The number of carbonyl (C=O) groups is 2. The molecule has 0 aromatic heterocycles. The number of urea groups is 1. The van der Waals surface area contributed by atoms with E-state index in [-0.39, 0.29) is 17.9 Å². The standard InChI is InChI=1S/C20H22ClN3O2/c21-17-10-8-15(9-11-17)13-22-19(25)16-5-4-12-24(14-16)20(26)23-18-6-2-1-3-7-18/h1-3,6-11,16H,4-5,12-14H2,(H,22,25)(H,23,26). The number of para-hydroxylation sites is 1. The van der Waals surface area contributed by atoms with Crippen LogP contribution in [0.3, 0.4) is 0 Å². The van der Waals surface area contributed by atoms with E-state index in [1.54, 1.807) is 17.0 Å². The highest BCUT2D eigenvalue weighted by Crippen LogP contribution is 2.18. The summed E-state index contributed by atoms with van der Waals surface area (Å²) in [6.45, 7) is 1.56. The number of carbonyl (C=O) groups excluding carboxylic acids is 2. The molecule has 1 heterocycles. The summed E-state index contributed by atoms with van der Waals surface area (Å²) in [4.78, 5) is 26.6. The molecule has 2 aromatic carbocycles. The van der Waals surface area contributed by atoms with Crippen molar-refractivity contribution in [3.8, 4) is 0 Å². The van der Waals surface area contributed by atoms with Crippen LogP contribution in [0, 0.1) is 5.92 Å². The van der Waals surface area contributed by atoms with Crippen LogP contribution >= 0.6 is 11.6 Å². The van der Waals surface area contributed by atoms with Gasteiger partial charge in [0, 0.05) is 30.3 Å². The first-order valence-electron chi connectivity index (χ1n) is 8.75. The van der Waals surface area contributed by atoms with Crippen molar-refractivity contribution in [1.29, 1.82) is 0 Å². The summed E-state index contributed by atoms with van der Waals surface area (Å²) in [6, 6.07) is 16.6. The molecule has 0 saturated carbocycles. The molecule has 136 valence electrons. The van der Waals surface area contributed by atoms with E-state index >= 15 is 0 Å². The number of hydrogen-bond acceptors (Lipinski definition) is 2. The van der Waals surface area contributed by atoms with Crippen molar-refractivity contribution in [3.63, 3.8) is 0 Å². The van der Waals surface area contributed by atoms with E-state index < -0.39 is 0 Å². The summed E-state index contributed by atoms with van der Waals surface area (Å²) in [5.74, 6) is -0.199. The SMILES string of the molecule is O=C(NCc1ccc(Cl)cc1)C1CCCN(C(=O)Nc2ccccc2)C1. The molecule has 1 fully saturated rings. The fourth-order valence-corrected chi connectivity index (χ4v) is 3.16. The molecule has 1 atom stereocenters. The van der Waals surface area contributed by atoms with Gasteiger partial charge in [-0.1, -0.05) is 41.9 Å². The zero-order valence-corrected chi connectivity index (χ0v) is 15.2. The van der Waals surface area contributed by atoms with Crippen LogP contribution in [0.2, 0.25) is 5.02 Å². The van der Waals surface area contributed by atoms with Crippen LogP contribution in [0.4, 0.5) is 10.5 Å². The molecule has 2 N–H and O–H groups in total. The van der Waals surface area contributed by atoms with E-state index in [1.807, 2.05) is 42.5 Å². The predicted molar refractivity (Wildman–Crippen MR) is 103 cm³/mol. The predicted octanol–water partition coefficient (Wildman–Crippen LogP) is 3.90. The van der Waals surface area contributed by atoms with Gasteiger partial charge >= 0.3 is 6.03 Å². The first-order chi connectivity index (χ1) is 12.6. The quantitative estimate of drug-likeness (QED) is 0.856. The Balaban J connectivity index is 1.51. The minimum atomic E-state index is -0.183. The number of rotatable bonds is 4. The first-order valence-corrected chi connectivity index (χ1v) is 9.13. The number of halogens is 1. The van der Waals surface area contributed by atoms with Gasteiger partial charge in [-0.2, -0.15) is 0 Å². The Morgan fingerprint density at radius 2 is 1.81 bits per heavy atom. The highest BCUT2D eigenvalue weighted by atomic mass is 35.5. The second-order valence-electron chi connectivity index (χ2n) is 6.43. The highest BCUT2D eigenvalue weighted by Gasteiger charge is 2.28. The van der Waals surface area contributed by atoms with Crippen LogP contribution in [-0.4, -0.2) is 29.9 Å². The molecule has 3 rings (SSSR count). The van der Waals surface area contributed by atoms with Gasteiger partial charge in [0.2, 0.25) is 5.91 Å². The molecule has 2 aromatic rings. The van der Waals surface area contributed by atoms with Crippen molar-refractivity contribution in [3.05, 3.63) is 65.2 Å². The van der Waals surface area contributed by atoms with E-state index in [0.717, 1.165) is 24.1 Å². The topological polar surface area (TPSA) is 61.4 Å². The second kappa shape index (κ2) is 8.72. The van der Waals surface area contributed by atoms with Crippen molar-refractivity contribution in [2.45, 2.75) is 19.4 Å². The molecule has 1 saturated heterocycles. The van der Waals surface area contributed by atoms with Gasteiger partial charge in [-0.15, -0.1) is 0 Å². The third-order valence-electron chi connectivity index (χ3n) is 4.48. The molecular weight excluding hydrogens is 350 g/mol. The molecule has 0 spiro atoms. The molecular formula is C20H22ClN3O2. The Kier molecular flexibility index (Phi) is 6.12. The lowest BCUT2D eigenvalue weighted by atomic mass is 9.97. The molecule has 1 aliphatic rings. The zero-order valence-electron chi connectivity index (χ0n) is 14.5. The van der Waals surface area contributed by atoms with Gasteiger partial charge in [-0.3, -0.25) is 4.79 Å². The Morgan fingerprint density at radius 1 is 1.08 bits per heavy atom. The van der Waals surface area contributed by atoms with Gasteiger partial charge in [0.15, 0.2) is 0 Å². The first kappa shape index (κ1) is 18.3. The molecule has 1 aliphatic heterocycles. The molecule has 6 heteroatoms. The summed E-state index contributed by atoms with van der Waals surface area (Å²) in [5.41, 5.74) is 1.75. The van der Waals surface area contributed by atoms with Gasteiger partial charge in [0.1, 0.15) is 0 Å². The zero-order chi connectivity index (χ0) is 18.4. The molecule has 0 bridgehead atoms. The number of amides is 3. The third-order valence-corrected chi connectivity index (χ3v) is 4.74. The van der Waals surface area contributed by atoms with E-state index in [4.69, 9.17) is 11.6 Å². The van der Waals surface area contributed by atoms with Crippen LogP contribution in [0.15, 0.2) is 54.6 Å². The Bertz CT molecular complexity index is 749. The van der Waals surface area contributed by atoms with Gasteiger partial charge in [-0.05, 0) is 42.7 Å². The van der Waals surface area contributed by atoms with Gasteiger partial charge in [0.25, 0.3) is 0 Å².